The van der Waals surface area contributed by atoms with Crippen LogP contribution in [-0.2, 0) is 9.59 Å². The molecule has 0 radical (unpaired) electrons. The van der Waals surface area contributed by atoms with Crippen molar-refractivity contribution in [3.05, 3.63) is 23.9 Å². The maximum atomic E-state index is 13.7. The Morgan fingerprint density at radius 1 is 1.05 bits per heavy atom. The summed E-state index contributed by atoms with van der Waals surface area (Å²) in [4.78, 5) is 48.3. The van der Waals surface area contributed by atoms with Crippen LogP contribution in [0.1, 0.15) is 83.1 Å². The van der Waals surface area contributed by atoms with Crippen LogP contribution in [0.4, 0.5) is 0 Å². The normalized spacial score (nSPS) is 26.6. The molecule has 1 aromatic rings. The fourth-order valence-electron chi connectivity index (χ4n) is 6.67. The molecular weight excluding hydrogens is 518 g/mol. The molecule has 9 heteroatoms. The number of nitrogens with zero attached hydrogens (tertiary/aromatic N) is 3. The molecule has 4 heterocycles. The molecule has 4 bridgehead atoms. The summed E-state index contributed by atoms with van der Waals surface area (Å²) in [5.74, 6) is 2.22. The second kappa shape index (κ2) is 15.0. The first-order chi connectivity index (χ1) is 19.7. The minimum absolute atomic E-state index is 0.0709. The predicted molar refractivity (Wildman–Crippen MR) is 159 cm³/mol. The molecule has 4 atom stereocenters. The maximum Gasteiger partial charge on any atom is 0.270 e. The van der Waals surface area contributed by atoms with Gasteiger partial charge < -0.3 is 25.2 Å². The monoisotopic (exact) mass is 569 g/mol. The van der Waals surface area contributed by atoms with Gasteiger partial charge in [0, 0.05) is 51.1 Å². The Morgan fingerprint density at radius 3 is 2.66 bits per heavy atom. The Balaban J connectivity index is 1.51. The largest absolute Gasteiger partial charge is 0.478 e. The second-order valence-corrected chi connectivity index (χ2v) is 13.1. The molecule has 0 unspecified atom stereocenters. The molecule has 3 aliphatic rings. The van der Waals surface area contributed by atoms with Crippen molar-refractivity contribution in [2.45, 2.75) is 78.7 Å². The Kier molecular flexibility index (Phi) is 11.4. The van der Waals surface area contributed by atoms with E-state index in [0.717, 1.165) is 45.3 Å². The topological polar surface area (TPSA) is 104 Å². The van der Waals surface area contributed by atoms with E-state index in [-0.39, 0.29) is 35.6 Å². The highest BCUT2D eigenvalue weighted by molar-refractivity contribution is 5.92. The van der Waals surface area contributed by atoms with Crippen LogP contribution in [0.2, 0.25) is 0 Å². The van der Waals surface area contributed by atoms with E-state index in [0.29, 0.717) is 68.4 Å². The van der Waals surface area contributed by atoms with Gasteiger partial charge in [-0.3, -0.25) is 14.4 Å². The number of carbonyl (C=O) groups excluding carboxylic acids is 3. The predicted octanol–water partition coefficient (Wildman–Crippen LogP) is 3.74. The third-order valence-corrected chi connectivity index (χ3v) is 9.07. The van der Waals surface area contributed by atoms with Gasteiger partial charge in [-0.1, -0.05) is 19.9 Å². The third kappa shape index (κ3) is 9.42. The molecule has 0 aromatic carbocycles. The van der Waals surface area contributed by atoms with Gasteiger partial charge in [0.1, 0.15) is 5.69 Å². The van der Waals surface area contributed by atoms with E-state index in [1.807, 2.05) is 18.7 Å². The number of hydrogen-bond donors (Lipinski definition) is 2. The highest BCUT2D eigenvalue weighted by Gasteiger charge is 2.36. The van der Waals surface area contributed by atoms with Crippen molar-refractivity contribution in [2.75, 3.05) is 45.9 Å². The standard InChI is InChI=1S/C32H51N5O4/c1-22(2)9-14-36-15-10-25-19-31(39)37-16-11-24(18-29(38)34-23(3)4)27(21-37)12-17-41-30-7-5-6-28(35-30)32(40)33-13-8-26(25)20-36/h5-7,22-27H,8-21H2,1-4H3,(H,33,40)(H,34,38)/t24-,25-,26-,27-/m0/s1. The van der Waals surface area contributed by atoms with Crippen LogP contribution < -0.4 is 15.4 Å². The van der Waals surface area contributed by atoms with E-state index >= 15 is 0 Å². The minimum atomic E-state index is -0.196. The Morgan fingerprint density at radius 2 is 1.88 bits per heavy atom. The highest BCUT2D eigenvalue weighted by Crippen LogP contribution is 2.33. The van der Waals surface area contributed by atoms with Gasteiger partial charge in [-0.2, -0.15) is 0 Å². The summed E-state index contributed by atoms with van der Waals surface area (Å²) >= 11 is 0. The van der Waals surface area contributed by atoms with Crippen molar-refractivity contribution < 1.29 is 19.1 Å². The Labute approximate surface area is 246 Å². The number of fused-ring (bicyclic) bond motifs is 5. The smallest absolute Gasteiger partial charge is 0.270 e. The Bertz CT molecular complexity index is 1030. The molecule has 2 N–H and O–H groups in total. The zero-order valence-electron chi connectivity index (χ0n) is 25.6. The van der Waals surface area contributed by atoms with Gasteiger partial charge in [0.25, 0.3) is 5.91 Å². The quantitative estimate of drug-likeness (QED) is 0.541. The van der Waals surface area contributed by atoms with Crippen molar-refractivity contribution in [2.24, 2.45) is 29.6 Å². The fraction of sp³-hybridized carbons (Fsp3) is 0.750. The number of rotatable bonds is 6. The highest BCUT2D eigenvalue weighted by atomic mass is 16.5. The number of amides is 3. The molecule has 0 aliphatic carbocycles. The minimum Gasteiger partial charge on any atom is -0.478 e. The first-order valence-electron chi connectivity index (χ1n) is 15.9. The van der Waals surface area contributed by atoms with E-state index in [9.17, 15) is 14.4 Å². The van der Waals surface area contributed by atoms with Crippen LogP contribution in [0.25, 0.3) is 0 Å². The second-order valence-electron chi connectivity index (χ2n) is 13.1. The Hall–Kier alpha value is -2.68. The lowest BCUT2D eigenvalue weighted by molar-refractivity contribution is -0.136. The molecule has 1 aromatic heterocycles. The number of ether oxygens (including phenoxy) is 1. The van der Waals surface area contributed by atoms with Crippen molar-refractivity contribution >= 4 is 17.7 Å². The average molecular weight is 570 g/mol. The number of likely N-dealkylation sites (tertiary alicyclic amines) is 1. The molecule has 0 saturated carbocycles. The number of carbonyl (C=O) groups is 3. The van der Waals surface area contributed by atoms with Gasteiger partial charge >= 0.3 is 0 Å². The lowest BCUT2D eigenvalue weighted by Gasteiger charge is -2.42. The first kappa shape index (κ1) is 31.3. The van der Waals surface area contributed by atoms with Gasteiger partial charge in [-0.15, -0.1) is 0 Å². The molecule has 228 valence electrons. The maximum absolute atomic E-state index is 13.7. The van der Waals surface area contributed by atoms with Crippen LogP contribution in [-0.4, -0.2) is 84.4 Å². The van der Waals surface area contributed by atoms with Crippen LogP contribution in [0, 0.1) is 29.6 Å². The van der Waals surface area contributed by atoms with E-state index in [2.05, 4.69) is 34.4 Å². The zero-order chi connectivity index (χ0) is 29.4. The summed E-state index contributed by atoms with van der Waals surface area (Å²) in [5, 5.41) is 6.09. The van der Waals surface area contributed by atoms with Gasteiger partial charge in [0.15, 0.2) is 0 Å². The lowest BCUT2D eigenvalue weighted by atomic mass is 9.79. The van der Waals surface area contributed by atoms with E-state index in [1.54, 1.807) is 18.2 Å². The number of aromatic nitrogens is 1. The van der Waals surface area contributed by atoms with Gasteiger partial charge in [0.2, 0.25) is 17.7 Å². The number of hydrogen-bond acceptors (Lipinski definition) is 6. The van der Waals surface area contributed by atoms with Crippen LogP contribution in [0.5, 0.6) is 5.88 Å². The number of pyridine rings is 1. The zero-order valence-corrected chi connectivity index (χ0v) is 25.6. The van der Waals surface area contributed by atoms with Crippen molar-refractivity contribution in [1.29, 1.82) is 0 Å². The SMILES string of the molecule is CC(C)CCN1CC[C@H]2CC(=O)N3CC[C@@H](CC(=O)NC(C)C)[C@@H](CCOc4cccc(n4)C(=O)NCC[C@H]2C1)C3. The van der Waals surface area contributed by atoms with Crippen molar-refractivity contribution in [3.8, 4) is 5.88 Å². The molecule has 4 rings (SSSR count). The molecule has 2 saturated heterocycles. The summed E-state index contributed by atoms with van der Waals surface area (Å²) < 4.78 is 5.98. The van der Waals surface area contributed by atoms with Crippen LogP contribution in [0.15, 0.2) is 18.2 Å². The fourth-order valence-corrected chi connectivity index (χ4v) is 6.67. The van der Waals surface area contributed by atoms with Gasteiger partial charge in [-0.25, -0.2) is 4.98 Å². The number of piperidine rings is 2. The first-order valence-corrected chi connectivity index (χ1v) is 15.9. The van der Waals surface area contributed by atoms with Crippen molar-refractivity contribution in [1.82, 2.24) is 25.4 Å². The molecule has 41 heavy (non-hydrogen) atoms. The van der Waals surface area contributed by atoms with E-state index < -0.39 is 0 Å². The average Bonchev–Trinajstić information content (AvgIpc) is 2.93. The molecule has 2 fully saturated rings. The van der Waals surface area contributed by atoms with Crippen LogP contribution >= 0.6 is 0 Å². The molecule has 3 amide bonds. The van der Waals surface area contributed by atoms with Crippen molar-refractivity contribution in [3.63, 3.8) is 0 Å². The lowest BCUT2D eigenvalue weighted by Crippen LogP contribution is -2.48. The molecular formula is C32H51N5O4. The molecule has 9 nitrogen and oxygen atoms in total. The van der Waals surface area contributed by atoms with Gasteiger partial charge in [0.05, 0.1) is 6.61 Å². The summed E-state index contributed by atoms with van der Waals surface area (Å²) in [5.41, 5.74) is 0.354. The molecule has 0 spiro atoms. The summed E-state index contributed by atoms with van der Waals surface area (Å²) in [6, 6.07) is 5.39. The number of nitrogens with one attached hydrogen (secondary N) is 2. The summed E-state index contributed by atoms with van der Waals surface area (Å²) in [7, 11) is 0. The van der Waals surface area contributed by atoms with E-state index in [4.69, 9.17) is 4.74 Å². The summed E-state index contributed by atoms with van der Waals surface area (Å²) in [6.45, 7) is 13.9. The third-order valence-electron chi connectivity index (χ3n) is 9.07. The van der Waals surface area contributed by atoms with Crippen LogP contribution in [0.3, 0.4) is 0 Å². The van der Waals surface area contributed by atoms with Gasteiger partial charge in [-0.05, 0) is 94.7 Å². The van der Waals surface area contributed by atoms with E-state index in [1.165, 1.54) is 6.42 Å². The summed E-state index contributed by atoms with van der Waals surface area (Å²) in [6.07, 6.45) is 5.59. The molecule has 3 aliphatic heterocycles.